The van der Waals surface area contributed by atoms with Gasteiger partial charge in [-0.1, -0.05) is 0 Å². The van der Waals surface area contributed by atoms with E-state index in [1.54, 1.807) is 18.5 Å². The molecule has 0 radical (unpaired) electrons. The third-order valence-corrected chi connectivity index (χ3v) is 3.39. The quantitative estimate of drug-likeness (QED) is 0.940. The molecular weight excluding hydrogens is 310 g/mol. The van der Waals surface area contributed by atoms with Crippen LogP contribution in [-0.4, -0.2) is 15.9 Å². The van der Waals surface area contributed by atoms with Crippen LogP contribution in [-0.2, 0) is 6.54 Å². The third-order valence-electron chi connectivity index (χ3n) is 2.97. The van der Waals surface area contributed by atoms with E-state index < -0.39 is 0 Å². The maximum Gasteiger partial charge on any atom is 0.287 e. The molecule has 2 heterocycles. The molecule has 0 aliphatic heterocycles. The maximum absolute atomic E-state index is 11.8. The van der Waals surface area contributed by atoms with Crippen LogP contribution in [0.15, 0.2) is 33.6 Å². The lowest BCUT2D eigenvalue weighted by Crippen LogP contribution is -2.22. The molecule has 1 aliphatic rings. The molecule has 0 saturated heterocycles. The molecule has 0 bridgehead atoms. The topological polar surface area (TPSA) is 68.0 Å². The van der Waals surface area contributed by atoms with Gasteiger partial charge in [0, 0.05) is 11.6 Å². The number of hydrogen-bond donors (Lipinski definition) is 1. The van der Waals surface area contributed by atoms with Crippen molar-refractivity contribution in [3.05, 3.63) is 46.3 Å². The van der Waals surface area contributed by atoms with E-state index in [0.29, 0.717) is 17.1 Å². The number of nitrogens with one attached hydrogen (secondary N) is 1. The van der Waals surface area contributed by atoms with Crippen molar-refractivity contribution in [3.8, 4) is 0 Å². The van der Waals surface area contributed by atoms with Crippen molar-refractivity contribution in [1.29, 1.82) is 0 Å². The van der Waals surface area contributed by atoms with Crippen LogP contribution >= 0.6 is 15.9 Å². The van der Waals surface area contributed by atoms with Crippen molar-refractivity contribution in [1.82, 2.24) is 15.3 Å². The Morgan fingerprint density at radius 3 is 2.95 bits per heavy atom. The highest BCUT2D eigenvalue weighted by molar-refractivity contribution is 9.10. The van der Waals surface area contributed by atoms with Crippen LogP contribution in [0.5, 0.6) is 0 Å². The van der Waals surface area contributed by atoms with Crippen LogP contribution in [0.4, 0.5) is 0 Å². The predicted molar refractivity (Wildman–Crippen MR) is 71.6 cm³/mol. The smallest absolute Gasteiger partial charge is 0.287 e. The minimum atomic E-state index is -0.253. The number of amides is 1. The van der Waals surface area contributed by atoms with Crippen molar-refractivity contribution in [2.75, 3.05) is 0 Å². The predicted octanol–water partition coefficient (Wildman–Crippen LogP) is 2.64. The Kier molecular flexibility index (Phi) is 3.33. The third kappa shape index (κ3) is 3.01. The van der Waals surface area contributed by atoms with Gasteiger partial charge in [-0.05, 0) is 47.0 Å². The second-order valence-electron chi connectivity index (χ2n) is 4.49. The van der Waals surface area contributed by atoms with Gasteiger partial charge in [-0.2, -0.15) is 0 Å². The summed E-state index contributed by atoms with van der Waals surface area (Å²) < 4.78 is 5.72. The Bertz CT molecular complexity index is 607. The highest BCUT2D eigenvalue weighted by Gasteiger charge is 2.25. The molecule has 1 aliphatic carbocycles. The summed E-state index contributed by atoms with van der Waals surface area (Å²) in [5, 5.41) is 2.77. The zero-order valence-electron chi connectivity index (χ0n) is 10.1. The monoisotopic (exact) mass is 321 g/mol. The molecule has 2 aromatic heterocycles. The lowest BCUT2D eigenvalue weighted by atomic mass is 10.2. The first-order valence-electron chi connectivity index (χ1n) is 6.07. The molecule has 2 aromatic rings. The largest absolute Gasteiger partial charge is 0.444 e. The molecule has 1 amide bonds. The molecule has 0 spiro atoms. The van der Waals surface area contributed by atoms with Crippen LogP contribution in [0.25, 0.3) is 0 Å². The second-order valence-corrected chi connectivity index (χ2v) is 5.28. The van der Waals surface area contributed by atoms with E-state index in [1.165, 1.54) is 12.8 Å². The van der Waals surface area contributed by atoms with Crippen LogP contribution in [0.3, 0.4) is 0 Å². The molecule has 1 N–H and O–H groups in total. The standard InChI is InChI=1S/C13H12BrN3O2/c14-12-4-3-11(19-12)13(18)15-6-9-5-10(8-1-2-8)17-7-16-9/h3-5,7-8H,1-2,6H2,(H,15,18). The molecule has 98 valence electrons. The van der Waals surface area contributed by atoms with Gasteiger partial charge in [-0.15, -0.1) is 0 Å². The summed E-state index contributed by atoms with van der Waals surface area (Å²) in [6.45, 7) is 0.374. The van der Waals surface area contributed by atoms with Crippen LogP contribution in [0, 0.1) is 0 Å². The summed E-state index contributed by atoms with van der Waals surface area (Å²) in [6.07, 6.45) is 3.95. The highest BCUT2D eigenvalue weighted by Crippen LogP contribution is 2.38. The van der Waals surface area contributed by atoms with Crippen LogP contribution in [0.2, 0.25) is 0 Å². The fourth-order valence-electron chi connectivity index (χ4n) is 1.81. The number of nitrogens with zero attached hydrogens (tertiary/aromatic N) is 2. The number of halogens is 1. The van der Waals surface area contributed by atoms with Crippen molar-refractivity contribution < 1.29 is 9.21 Å². The average molecular weight is 322 g/mol. The Hall–Kier alpha value is -1.69. The number of rotatable bonds is 4. The van der Waals surface area contributed by atoms with Gasteiger partial charge in [0.25, 0.3) is 5.91 Å². The lowest BCUT2D eigenvalue weighted by molar-refractivity contribution is 0.0921. The second kappa shape index (κ2) is 5.13. The van der Waals surface area contributed by atoms with E-state index >= 15 is 0 Å². The van der Waals surface area contributed by atoms with Crippen LogP contribution in [0.1, 0.15) is 40.7 Å². The van der Waals surface area contributed by atoms with Gasteiger partial charge in [0.1, 0.15) is 6.33 Å². The Balaban J connectivity index is 1.62. The summed E-state index contributed by atoms with van der Waals surface area (Å²) in [5.74, 6) is 0.610. The van der Waals surface area contributed by atoms with E-state index in [1.807, 2.05) is 6.07 Å². The molecule has 3 rings (SSSR count). The summed E-state index contributed by atoms with van der Waals surface area (Å²) in [4.78, 5) is 20.2. The molecule has 6 heteroatoms. The SMILES string of the molecule is O=C(NCc1cc(C2CC2)ncn1)c1ccc(Br)o1. The van der Waals surface area contributed by atoms with Gasteiger partial charge >= 0.3 is 0 Å². The van der Waals surface area contributed by atoms with E-state index in [0.717, 1.165) is 11.4 Å². The van der Waals surface area contributed by atoms with Gasteiger partial charge in [0.05, 0.1) is 12.2 Å². The highest BCUT2D eigenvalue weighted by atomic mass is 79.9. The summed E-state index contributed by atoms with van der Waals surface area (Å²) in [7, 11) is 0. The summed E-state index contributed by atoms with van der Waals surface area (Å²) >= 11 is 3.16. The molecular formula is C13H12BrN3O2. The first-order valence-corrected chi connectivity index (χ1v) is 6.86. The molecule has 0 atom stereocenters. The van der Waals surface area contributed by atoms with Gasteiger partial charge in [-0.3, -0.25) is 4.79 Å². The van der Waals surface area contributed by atoms with Crippen molar-refractivity contribution in [3.63, 3.8) is 0 Å². The Morgan fingerprint density at radius 2 is 2.26 bits per heavy atom. The van der Waals surface area contributed by atoms with E-state index in [-0.39, 0.29) is 11.7 Å². The molecule has 0 aromatic carbocycles. The van der Waals surface area contributed by atoms with Crippen LogP contribution < -0.4 is 5.32 Å². The first kappa shape index (κ1) is 12.3. The number of hydrogen-bond acceptors (Lipinski definition) is 4. The number of carbonyl (C=O) groups excluding carboxylic acids is 1. The summed E-state index contributed by atoms with van der Waals surface area (Å²) in [6, 6.07) is 5.26. The minimum absolute atomic E-state index is 0.253. The Labute approximate surface area is 118 Å². The van der Waals surface area contributed by atoms with Crippen molar-refractivity contribution in [2.45, 2.75) is 25.3 Å². The molecule has 19 heavy (non-hydrogen) atoms. The van der Waals surface area contributed by atoms with Crippen molar-refractivity contribution in [2.24, 2.45) is 0 Å². The summed E-state index contributed by atoms with van der Waals surface area (Å²) in [5.41, 5.74) is 1.89. The minimum Gasteiger partial charge on any atom is -0.444 e. The number of furan rings is 1. The fourth-order valence-corrected chi connectivity index (χ4v) is 2.11. The van der Waals surface area contributed by atoms with Gasteiger partial charge in [0.2, 0.25) is 0 Å². The van der Waals surface area contributed by atoms with E-state index in [9.17, 15) is 4.79 Å². The number of carbonyl (C=O) groups is 1. The van der Waals surface area contributed by atoms with E-state index in [4.69, 9.17) is 4.42 Å². The molecule has 5 nitrogen and oxygen atoms in total. The molecule has 1 fully saturated rings. The molecule has 0 unspecified atom stereocenters. The van der Waals surface area contributed by atoms with Gasteiger partial charge in [0.15, 0.2) is 10.4 Å². The molecule has 1 saturated carbocycles. The van der Waals surface area contributed by atoms with Crippen molar-refractivity contribution >= 4 is 21.8 Å². The van der Waals surface area contributed by atoms with Gasteiger partial charge in [-0.25, -0.2) is 9.97 Å². The number of aromatic nitrogens is 2. The lowest BCUT2D eigenvalue weighted by Gasteiger charge is -2.04. The van der Waals surface area contributed by atoms with Gasteiger partial charge < -0.3 is 9.73 Å². The zero-order valence-corrected chi connectivity index (χ0v) is 11.7. The maximum atomic E-state index is 11.8. The normalized spacial score (nSPS) is 14.4. The first-order chi connectivity index (χ1) is 9.22. The average Bonchev–Trinajstić information content (AvgIpc) is 3.19. The zero-order chi connectivity index (χ0) is 13.2. The Morgan fingerprint density at radius 1 is 1.42 bits per heavy atom. The van der Waals surface area contributed by atoms with E-state index in [2.05, 4.69) is 31.2 Å². The fraction of sp³-hybridized carbons (Fsp3) is 0.308.